The van der Waals surface area contributed by atoms with E-state index in [0.29, 0.717) is 23.4 Å². The first-order valence-corrected chi connectivity index (χ1v) is 9.90. The van der Waals surface area contributed by atoms with Crippen LogP contribution in [0.2, 0.25) is 0 Å². The molecule has 0 atom stereocenters. The molecule has 1 amide bonds. The van der Waals surface area contributed by atoms with Gasteiger partial charge in [0.25, 0.3) is 5.91 Å². The van der Waals surface area contributed by atoms with Gasteiger partial charge in [0.15, 0.2) is 5.65 Å². The number of amides is 1. The highest BCUT2D eigenvalue weighted by Gasteiger charge is 2.30. The van der Waals surface area contributed by atoms with Crippen LogP contribution in [0, 0.1) is 5.82 Å². The van der Waals surface area contributed by atoms with Crippen LogP contribution >= 0.6 is 0 Å². The van der Waals surface area contributed by atoms with Crippen LogP contribution in [0.15, 0.2) is 61.1 Å². The third kappa shape index (κ3) is 2.72. The summed E-state index contributed by atoms with van der Waals surface area (Å²) < 4.78 is 18.5. The quantitative estimate of drug-likeness (QED) is 0.454. The first-order chi connectivity index (χ1) is 15.1. The van der Waals surface area contributed by atoms with Crippen LogP contribution in [-0.4, -0.2) is 35.2 Å². The first-order valence-electron chi connectivity index (χ1n) is 9.90. The predicted octanol–water partition coefficient (Wildman–Crippen LogP) is 3.58. The summed E-state index contributed by atoms with van der Waals surface area (Å²) in [6.07, 6.45) is 3.46. The molecule has 0 saturated heterocycles. The second-order valence-corrected chi connectivity index (χ2v) is 7.77. The van der Waals surface area contributed by atoms with E-state index in [1.807, 2.05) is 49.6 Å². The summed E-state index contributed by atoms with van der Waals surface area (Å²) in [5.41, 5.74) is 5.10. The van der Waals surface area contributed by atoms with Gasteiger partial charge in [0.1, 0.15) is 17.8 Å². The molecule has 0 fully saturated rings. The standard InChI is InChI=1S/C23H17FN6O/c1-28-12-18-17(3-2-4-20(18)27-28)14-5-6-15(19(24)9-14)10-29-11-16-7-8-21-26-25-13-30(21)22(16)23(29)31/h2-9,12-13H,10-11H2,1H3. The van der Waals surface area contributed by atoms with E-state index in [-0.39, 0.29) is 18.3 Å². The molecule has 7 nitrogen and oxygen atoms in total. The summed E-state index contributed by atoms with van der Waals surface area (Å²) in [6, 6.07) is 14.7. The largest absolute Gasteiger partial charge is 0.329 e. The zero-order valence-electron chi connectivity index (χ0n) is 16.7. The number of fused-ring (bicyclic) bond motifs is 4. The number of nitrogens with zero attached hydrogens (tertiary/aromatic N) is 6. The van der Waals surface area contributed by atoms with Gasteiger partial charge in [0.05, 0.1) is 5.52 Å². The molecule has 0 radical (unpaired) electrons. The van der Waals surface area contributed by atoms with Gasteiger partial charge in [-0.05, 0) is 29.3 Å². The van der Waals surface area contributed by atoms with Crippen molar-refractivity contribution in [3.05, 3.63) is 83.7 Å². The fraction of sp³-hybridized carbons (Fsp3) is 0.130. The minimum absolute atomic E-state index is 0.149. The number of hydrogen-bond donors (Lipinski definition) is 0. The lowest BCUT2D eigenvalue weighted by atomic mass is 10.00. The molecule has 0 spiro atoms. The maximum absolute atomic E-state index is 15.1. The Bertz CT molecular complexity index is 1500. The molecule has 0 saturated carbocycles. The zero-order valence-corrected chi connectivity index (χ0v) is 16.7. The highest BCUT2D eigenvalue weighted by atomic mass is 19.1. The minimum atomic E-state index is -0.336. The zero-order chi connectivity index (χ0) is 21.1. The van der Waals surface area contributed by atoms with Gasteiger partial charge >= 0.3 is 0 Å². The average molecular weight is 412 g/mol. The normalized spacial score (nSPS) is 13.5. The van der Waals surface area contributed by atoms with Crippen LogP contribution in [0.4, 0.5) is 4.39 Å². The van der Waals surface area contributed by atoms with Gasteiger partial charge in [-0.1, -0.05) is 30.3 Å². The molecule has 2 aromatic carbocycles. The molecule has 6 rings (SSSR count). The van der Waals surface area contributed by atoms with Gasteiger partial charge < -0.3 is 4.90 Å². The predicted molar refractivity (Wildman–Crippen MR) is 113 cm³/mol. The van der Waals surface area contributed by atoms with Crippen LogP contribution in [-0.2, 0) is 20.1 Å². The van der Waals surface area contributed by atoms with E-state index in [4.69, 9.17) is 0 Å². The maximum atomic E-state index is 15.1. The molecule has 1 aliphatic rings. The van der Waals surface area contributed by atoms with Crippen molar-refractivity contribution in [1.82, 2.24) is 29.3 Å². The van der Waals surface area contributed by atoms with Gasteiger partial charge in [-0.15, -0.1) is 10.2 Å². The highest BCUT2D eigenvalue weighted by Crippen LogP contribution is 2.31. The number of halogens is 1. The van der Waals surface area contributed by atoms with Crippen molar-refractivity contribution < 1.29 is 9.18 Å². The van der Waals surface area contributed by atoms with Gasteiger partial charge in [-0.25, -0.2) is 4.39 Å². The van der Waals surface area contributed by atoms with Gasteiger partial charge in [0.2, 0.25) is 0 Å². The van der Waals surface area contributed by atoms with Crippen molar-refractivity contribution >= 4 is 22.5 Å². The van der Waals surface area contributed by atoms with Crippen molar-refractivity contribution in [2.24, 2.45) is 7.05 Å². The lowest BCUT2D eigenvalue weighted by Crippen LogP contribution is -2.24. The van der Waals surface area contributed by atoms with Crippen molar-refractivity contribution in [1.29, 1.82) is 0 Å². The SMILES string of the molecule is Cn1cc2c(-c3ccc(CN4Cc5ccc6nncn6c5C4=O)c(F)c3)cccc2n1. The minimum Gasteiger partial charge on any atom is -0.329 e. The van der Waals surface area contributed by atoms with E-state index in [1.54, 1.807) is 20.0 Å². The summed E-state index contributed by atoms with van der Waals surface area (Å²) >= 11 is 0. The van der Waals surface area contributed by atoms with Crippen molar-refractivity contribution in [3.63, 3.8) is 0 Å². The Morgan fingerprint density at radius 3 is 2.90 bits per heavy atom. The van der Waals surface area contributed by atoms with Crippen LogP contribution < -0.4 is 0 Å². The number of benzene rings is 2. The summed E-state index contributed by atoms with van der Waals surface area (Å²) in [5.74, 6) is -0.486. The number of hydrogen-bond acceptors (Lipinski definition) is 4. The number of pyridine rings is 1. The highest BCUT2D eigenvalue weighted by molar-refractivity contribution is 5.97. The molecule has 4 heterocycles. The number of aromatic nitrogens is 5. The number of carbonyl (C=O) groups excluding carboxylic acids is 1. The van der Waals surface area contributed by atoms with E-state index in [9.17, 15) is 4.79 Å². The third-order valence-corrected chi connectivity index (χ3v) is 5.79. The van der Waals surface area contributed by atoms with E-state index in [2.05, 4.69) is 15.3 Å². The van der Waals surface area contributed by atoms with E-state index in [0.717, 1.165) is 27.6 Å². The summed E-state index contributed by atoms with van der Waals surface area (Å²) in [4.78, 5) is 14.6. The third-order valence-electron chi connectivity index (χ3n) is 5.79. The van der Waals surface area contributed by atoms with Crippen LogP contribution in [0.5, 0.6) is 0 Å². The first kappa shape index (κ1) is 17.8. The molecule has 8 heteroatoms. The second-order valence-electron chi connectivity index (χ2n) is 7.77. The van der Waals surface area contributed by atoms with Crippen molar-refractivity contribution in [2.45, 2.75) is 13.1 Å². The Morgan fingerprint density at radius 1 is 1.13 bits per heavy atom. The van der Waals surface area contributed by atoms with Crippen molar-refractivity contribution in [2.75, 3.05) is 0 Å². The molecule has 5 aromatic rings. The van der Waals surface area contributed by atoms with E-state index < -0.39 is 0 Å². The Kier molecular flexibility index (Phi) is 3.70. The average Bonchev–Trinajstić information content (AvgIpc) is 3.45. The Balaban J connectivity index is 1.32. The molecule has 0 bridgehead atoms. The number of rotatable bonds is 3. The Labute approximate surface area is 176 Å². The monoisotopic (exact) mass is 412 g/mol. The summed E-state index contributed by atoms with van der Waals surface area (Å²) in [7, 11) is 1.87. The maximum Gasteiger partial charge on any atom is 0.271 e. The van der Waals surface area contributed by atoms with Gasteiger partial charge in [-0.3, -0.25) is 13.9 Å². The molecule has 0 unspecified atom stereocenters. The lowest BCUT2D eigenvalue weighted by Gasteiger charge is -2.16. The fourth-order valence-corrected chi connectivity index (χ4v) is 4.32. The molecule has 3 aromatic heterocycles. The Hall–Kier alpha value is -4.07. The van der Waals surface area contributed by atoms with E-state index in [1.165, 1.54) is 12.4 Å². The van der Waals surface area contributed by atoms with Crippen LogP contribution in [0.25, 0.3) is 27.7 Å². The fourth-order valence-electron chi connectivity index (χ4n) is 4.32. The van der Waals surface area contributed by atoms with Crippen LogP contribution in [0.3, 0.4) is 0 Å². The molecular weight excluding hydrogens is 395 g/mol. The lowest BCUT2D eigenvalue weighted by molar-refractivity contribution is 0.0760. The van der Waals surface area contributed by atoms with Crippen LogP contribution in [0.1, 0.15) is 21.6 Å². The van der Waals surface area contributed by atoms with Gasteiger partial charge in [0, 0.05) is 42.8 Å². The molecule has 0 aliphatic carbocycles. The topological polar surface area (TPSA) is 68.3 Å². The molecule has 1 aliphatic heterocycles. The molecule has 0 N–H and O–H groups in total. The molecule has 31 heavy (non-hydrogen) atoms. The Morgan fingerprint density at radius 2 is 2.03 bits per heavy atom. The van der Waals surface area contributed by atoms with Gasteiger partial charge in [-0.2, -0.15) is 5.10 Å². The van der Waals surface area contributed by atoms with E-state index >= 15 is 4.39 Å². The molecular formula is C23H17FN6O. The number of aryl methyl sites for hydroxylation is 1. The second kappa shape index (κ2) is 6.46. The molecule has 152 valence electrons. The van der Waals surface area contributed by atoms with Crippen molar-refractivity contribution in [3.8, 4) is 11.1 Å². The summed E-state index contributed by atoms with van der Waals surface area (Å²) in [5, 5.41) is 13.3. The number of carbonyl (C=O) groups is 1. The smallest absolute Gasteiger partial charge is 0.271 e. The summed E-state index contributed by atoms with van der Waals surface area (Å²) in [6.45, 7) is 0.624.